The maximum atomic E-state index is 6.34. The van der Waals surface area contributed by atoms with Gasteiger partial charge in [0.05, 0.1) is 11.7 Å². The first kappa shape index (κ1) is 21.9. The zero-order chi connectivity index (χ0) is 17.0. The van der Waals surface area contributed by atoms with E-state index >= 15 is 0 Å². The summed E-state index contributed by atoms with van der Waals surface area (Å²) in [6, 6.07) is 0. The second-order valence-electron chi connectivity index (χ2n) is 7.10. The molecule has 0 aliphatic heterocycles. The lowest BCUT2D eigenvalue weighted by Crippen LogP contribution is -2.54. The van der Waals surface area contributed by atoms with Crippen molar-refractivity contribution in [2.45, 2.75) is 105 Å². The van der Waals surface area contributed by atoms with Crippen molar-refractivity contribution in [3.05, 3.63) is 0 Å². The molecule has 134 valence electrons. The molecule has 0 aromatic rings. The Hall–Kier alpha value is -0.0800. The number of rotatable bonds is 14. The van der Waals surface area contributed by atoms with Gasteiger partial charge in [-0.2, -0.15) is 0 Å². The fourth-order valence-electron chi connectivity index (χ4n) is 3.84. The van der Waals surface area contributed by atoms with Crippen LogP contribution in [0.3, 0.4) is 0 Å². The van der Waals surface area contributed by atoms with Crippen molar-refractivity contribution in [3.8, 4) is 0 Å². The summed E-state index contributed by atoms with van der Waals surface area (Å²) in [5.74, 6) is 0.924. The molecular weight excluding hydrogens is 272 g/mol. The van der Waals surface area contributed by atoms with Gasteiger partial charge in [-0.05, 0) is 32.1 Å². The second-order valence-corrected chi connectivity index (χ2v) is 7.10. The molecule has 0 bridgehead atoms. The molecule has 0 aliphatic rings. The Labute approximate surface area is 140 Å². The second kappa shape index (κ2) is 12.4. The molecule has 0 aromatic heterocycles. The third-order valence-electron chi connectivity index (χ3n) is 4.89. The molecular formula is C20H42O2. The third kappa shape index (κ3) is 6.58. The normalized spacial score (nSPS) is 14.0. The average Bonchev–Trinajstić information content (AvgIpc) is 2.46. The molecule has 0 heterocycles. The molecule has 1 atom stereocenters. The van der Waals surface area contributed by atoms with Crippen LogP contribution in [-0.4, -0.2) is 24.9 Å². The van der Waals surface area contributed by atoms with E-state index in [0.29, 0.717) is 11.8 Å². The van der Waals surface area contributed by atoms with Gasteiger partial charge in [-0.15, -0.1) is 0 Å². The molecule has 2 heteroatoms. The van der Waals surface area contributed by atoms with E-state index in [0.717, 1.165) is 19.6 Å². The van der Waals surface area contributed by atoms with Crippen molar-refractivity contribution in [2.75, 3.05) is 13.2 Å². The fraction of sp³-hybridized carbons (Fsp3) is 1.00. The first-order valence-electron chi connectivity index (χ1n) is 9.72. The van der Waals surface area contributed by atoms with E-state index in [2.05, 4.69) is 48.5 Å². The van der Waals surface area contributed by atoms with Gasteiger partial charge in [0.1, 0.15) is 0 Å². The van der Waals surface area contributed by atoms with Crippen molar-refractivity contribution >= 4 is 0 Å². The number of ether oxygens (including phenoxy) is 2. The lowest BCUT2D eigenvalue weighted by Gasteiger charge is -2.46. The van der Waals surface area contributed by atoms with Crippen LogP contribution in [0.25, 0.3) is 0 Å². The summed E-state index contributed by atoms with van der Waals surface area (Å²) in [7, 11) is 0. The predicted molar refractivity (Wildman–Crippen MR) is 97.4 cm³/mol. The maximum absolute atomic E-state index is 6.34. The van der Waals surface area contributed by atoms with E-state index in [-0.39, 0.29) is 11.7 Å². The summed E-state index contributed by atoms with van der Waals surface area (Å²) in [5.41, 5.74) is -0.159. The first-order chi connectivity index (χ1) is 10.5. The van der Waals surface area contributed by atoms with E-state index < -0.39 is 0 Å². The molecule has 0 fully saturated rings. The van der Waals surface area contributed by atoms with Crippen molar-refractivity contribution < 1.29 is 9.47 Å². The van der Waals surface area contributed by atoms with Crippen LogP contribution in [0.1, 0.15) is 93.4 Å². The minimum absolute atomic E-state index is 0.159. The van der Waals surface area contributed by atoms with Gasteiger partial charge >= 0.3 is 0 Å². The van der Waals surface area contributed by atoms with Crippen LogP contribution < -0.4 is 0 Å². The molecule has 0 amide bonds. The van der Waals surface area contributed by atoms with Crippen LogP contribution in [0.5, 0.6) is 0 Å². The molecule has 0 N–H and O–H groups in total. The lowest BCUT2D eigenvalue weighted by atomic mass is 9.74. The monoisotopic (exact) mass is 314 g/mol. The lowest BCUT2D eigenvalue weighted by molar-refractivity contribution is -0.192. The topological polar surface area (TPSA) is 18.5 Å². The maximum Gasteiger partial charge on any atom is 0.0987 e. The Morgan fingerprint density at radius 1 is 0.727 bits per heavy atom. The number of hydrogen-bond donors (Lipinski definition) is 0. The van der Waals surface area contributed by atoms with Gasteiger partial charge in [0.25, 0.3) is 0 Å². The molecule has 0 aromatic carbocycles. The van der Waals surface area contributed by atoms with Crippen molar-refractivity contribution in [3.63, 3.8) is 0 Å². The third-order valence-corrected chi connectivity index (χ3v) is 4.89. The standard InChI is InChI=1S/C20H42O2/c1-8-11-12-13-14-15-16-19(21-9-2)20(17(4)5,18(6)7)22-10-3/h17-19H,8-16H2,1-7H3. The van der Waals surface area contributed by atoms with E-state index in [1.165, 1.54) is 38.5 Å². The zero-order valence-electron chi connectivity index (χ0n) is 16.4. The van der Waals surface area contributed by atoms with E-state index in [9.17, 15) is 0 Å². The Balaban J connectivity index is 4.75. The summed E-state index contributed by atoms with van der Waals surface area (Å²) in [5, 5.41) is 0. The number of unbranched alkanes of at least 4 members (excludes halogenated alkanes) is 5. The Morgan fingerprint density at radius 2 is 1.27 bits per heavy atom. The van der Waals surface area contributed by atoms with Crippen LogP contribution >= 0.6 is 0 Å². The minimum atomic E-state index is -0.159. The Morgan fingerprint density at radius 3 is 1.73 bits per heavy atom. The van der Waals surface area contributed by atoms with Crippen LogP contribution in [0.2, 0.25) is 0 Å². The summed E-state index contributed by atoms with van der Waals surface area (Å²) in [6.45, 7) is 17.1. The van der Waals surface area contributed by atoms with E-state index in [1.54, 1.807) is 0 Å². The average molecular weight is 315 g/mol. The summed E-state index contributed by atoms with van der Waals surface area (Å²) >= 11 is 0. The highest BCUT2D eigenvalue weighted by molar-refractivity contribution is 4.95. The van der Waals surface area contributed by atoms with Crippen LogP contribution in [0.15, 0.2) is 0 Å². The van der Waals surface area contributed by atoms with Crippen molar-refractivity contribution in [2.24, 2.45) is 11.8 Å². The van der Waals surface area contributed by atoms with Gasteiger partial charge in [-0.3, -0.25) is 0 Å². The van der Waals surface area contributed by atoms with Gasteiger partial charge in [-0.25, -0.2) is 0 Å². The molecule has 1 unspecified atom stereocenters. The van der Waals surface area contributed by atoms with Gasteiger partial charge in [0.2, 0.25) is 0 Å². The van der Waals surface area contributed by atoms with Gasteiger partial charge < -0.3 is 9.47 Å². The van der Waals surface area contributed by atoms with Crippen molar-refractivity contribution in [1.29, 1.82) is 0 Å². The summed E-state index contributed by atoms with van der Waals surface area (Å²) in [4.78, 5) is 0. The molecule has 0 radical (unpaired) electrons. The van der Waals surface area contributed by atoms with Crippen LogP contribution in [0.4, 0.5) is 0 Å². The number of hydrogen-bond acceptors (Lipinski definition) is 2. The highest BCUT2D eigenvalue weighted by Crippen LogP contribution is 2.38. The molecule has 0 rings (SSSR count). The molecule has 22 heavy (non-hydrogen) atoms. The Kier molecular flexibility index (Phi) is 12.3. The zero-order valence-corrected chi connectivity index (χ0v) is 16.4. The fourth-order valence-corrected chi connectivity index (χ4v) is 3.84. The minimum Gasteiger partial charge on any atom is -0.375 e. The van der Waals surface area contributed by atoms with Crippen molar-refractivity contribution in [1.82, 2.24) is 0 Å². The highest BCUT2D eigenvalue weighted by atomic mass is 16.5. The largest absolute Gasteiger partial charge is 0.375 e. The Bertz CT molecular complexity index is 240. The predicted octanol–water partition coefficient (Wildman–Crippen LogP) is 6.23. The SMILES string of the molecule is CCCCCCCCC(OCC)C(OCC)(C(C)C)C(C)C. The van der Waals surface area contributed by atoms with Gasteiger partial charge in [0.15, 0.2) is 0 Å². The molecule has 0 saturated carbocycles. The summed E-state index contributed by atoms with van der Waals surface area (Å²) in [6.07, 6.45) is 9.33. The molecule has 0 saturated heterocycles. The quantitative estimate of drug-likeness (QED) is 0.354. The van der Waals surface area contributed by atoms with Crippen LogP contribution in [-0.2, 0) is 9.47 Å². The molecule has 0 spiro atoms. The highest BCUT2D eigenvalue weighted by Gasteiger charge is 2.45. The summed E-state index contributed by atoms with van der Waals surface area (Å²) < 4.78 is 12.5. The van der Waals surface area contributed by atoms with Gasteiger partial charge in [-0.1, -0.05) is 73.1 Å². The van der Waals surface area contributed by atoms with E-state index in [1.807, 2.05) is 0 Å². The van der Waals surface area contributed by atoms with Crippen LogP contribution in [0, 0.1) is 11.8 Å². The molecule has 0 aliphatic carbocycles. The molecule has 2 nitrogen and oxygen atoms in total. The smallest absolute Gasteiger partial charge is 0.0987 e. The van der Waals surface area contributed by atoms with Gasteiger partial charge in [0, 0.05) is 13.2 Å². The first-order valence-corrected chi connectivity index (χ1v) is 9.72. The van der Waals surface area contributed by atoms with E-state index in [4.69, 9.17) is 9.47 Å².